The fourth-order valence-electron chi connectivity index (χ4n) is 2.83. The van der Waals surface area contributed by atoms with E-state index in [-0.39, 0.29) is 0 Å². The number of benzene rings is 1. The lowest BCUT2D eigenvalue weighted by Gasteiger charge is -2.07. The zero-order valence-corrected chi connectivity index (χ0v) is 14.9. The molecule has 0 aliphatic rings. The van der Waals surface area contributed by atoms with Crippen LogP contribution < -0.4 is 4.80 Å². The van der Waals surface area contributed by atoms with Crippen molar-refractivity contribution >= 4 is 17.0 Å². The zero-order chi connectivity index (χ0) is 17.2. The van der Waals surface area contributed by atoms with Crippen molar-refractivity contribution in [1.29, 1.82) is 0 Å². The quantitative estimate of drug-likeness (QED) is 0.501. The van der Waals surface area contributed by atoms with Crippen LogP contribution in [0.15, 0.2) is 74.2 Å². The summed E-state index contributed by atoms with van der Waals surface area (Å²) in [5.74, 6) is 1.71. The Hall–Kier alpha value is -2.79. The van der Waals surface area contributed by atoms with Crippen LogP contribution in [0.4, 0.5) is 5.69 Å². The average Bonchev–Trinajstić information content (AvgIpc) is 3.34. The first-order chi connectivity index (χ1) is 12.2. The molecule has 0 fully saturated rings. The van der Waals surface area contributed by atoms with Gasteiger partial charge in [0.25, 0.3) is 0 Å². The zero-order valence-electron chi connectivity index (χ0n) is 14.1. The topological polar surface area (TPSA) is 43.6 Å². The van der Waals surface area contributed by atoms with Crippen LogP contribution in [0.3, 0.4) is 0 Å². The number of hydrogen-bond donors (Lipinski definition) is 0. The number of aryl methyl sites for hydroxylation is 2. The number of thiazole rings is 1. The Balaban J connectivity index is 1.89. The van der Waals surface area contributed by atoms with Crippen LogP contribution in [0.2, 0.25) is 0 Å². The number of furan rings is 2. The highest BCUT2D eigenvalue weighted by Gasteiger charge is 2.12. The fraction of sp³-hybridized carbons (Fsp3) is 0.150. The summed E-state index contributed by atoms with van der Waals surface area (Å²) in [6.45, 7) is 4.78. The number of para-hydroxylation sites is 1. The van der Waals surface area contributed by atoms with Crippen LogP contribution in [0.5, 0.6) is 0 Å². The van der Waals surface area contributed by atoms with E-state index in [1.165, 1.54) is 0 Å². The second-order valence-corrected chi connectivity index (χ2v) is 6.74. The van der Waals surface area contributed by atoms with Gasteiger partial charge in [-0.3, -0.25) is 0 Å². The monoisotopic (exact) mass is 350 g/mol. The first-order valence-electron chi connectivity index (χ1n) is 8.08. The van der Waals surface area contributed by atoms with Crippen LogP contribution in [0.25, 0.3) is 11.5 Å². The Morgan fingerprint density at radius 3 is 2.40 bits per heavy atom. The van der Waals surface area contributed by atoms with Crippen molar-refractivity contribution in [2.24, 2.45) is 4.99 Å². The molecule has 0 saturated carbocycles. The molecule has 0 aliphatic heterocycles. The highest BCUT2D eigenvalue weighted by Crippen LogP contribution is 2.25. The smallest absolute Gasteiger partial charge is 0.190 e. The van der Waals surface area contributed by atoms with E-state index in [1.807, 2.05) is 24.3 Å². The van der Waals surface area contributed by atoms with E-state index in [0.29, 0.717) is 6.54 Å². The highest BCUT2D eigenvalue weighted by atomic mass is 32.1. The molecule has 0 bridgehead atoms. The third kappa shape index (κ3) is 3.10. The molecule has 0 spiro atoms. The second kappa shape index (κ2) is 6.61. The largest absolute Gasteiger partial charge is 0.467 e. The lowest BCUT2D eigenvalue weighted by atomic mass is 10.1. The molecular formula is C20H18N2O2S. The van der Waals surface area contributed by atoms with Crippen LogP contribution in [0, 0.1) is 13.8 Å². The Labute approximate surface area is 149 Å². The summed E-state index contributed by atoms with van der Waals surface area (Å²) in [6, 6.07) is 14.0. The molecule has 126 valence electrons. The van der Waals surface area contributed by atoms with Crippen LogP contribution in [0.1, 0.15) is 16.9 Å². The molecule has 0 aliphatic carbocycles. The molecule has 4 aromatic rings. The van der Waals surface area contributed by atoms with Crippen LogP contribution in [-0.2, 0) is 6.54 Å². The standard InChI is InChI=1S/C20H18N2O2S/c1-14-6-3-7-15(2)19(14)21-20-22(12-16-8-4-10-23-16)17(13-25-20)18-9-5-11-24-18/h3-11,13H,12H2,1-2H3. The summed E-state index contributed by atoms with van der Waals surface area (Å²) < 4.78 is 13.3. The van der Waals surface area contributed by atoms with E-state index in [0.717, 1.165) is 38.8 Å². The van der Waals surface area contributed by atoms with Crippen molar-refractivity contribution in [3.05, 3.63) is 82.1 Å². The van der Waals surface area contributed by atoms with Crippen LogP contribution in [-0.4, -0.2) is 4.57 Å². The Bertz CT molecular complexity index is 1020. The lowest BCUT2D eigenvalue weighted by molar-refractivity contribution is 0.489. The average molecular weight is 350 g/mol. The minimum atomic E-state index is 0.607. The number of rotatable bonds is 4. The van der Waals surface area contributed by atoms with Gasteiger partial charge in [0, 0.05) is 5.38 Å². The first-order valence-corrected chi connectivity index (χ1v) is 8.96. The van der Waals surface area contributed by atoms with Crippen molar-refractivity contribution in [3.63, 3.8) is 0 Å². The highest BCUT2D eigenvalue weighted by molar-refractivity contribution is 7.07. The van der Waals surface area contributed by atoms with Gasteiger partial charge in [0.2, 0.25) is 0 Å². The molecule has 0 radical (unpaired) electrons. The summed E-state index contributed by atoms with van der Waals surface area (Å²) >= 11 is 1.60. The van der Waals surface area contributed by atoms with Gasteiger partial charge in [-0.25, -0.2) is 4.99 Å². The van der Waals surface area contributed by atoms with E-state index in [4.69, 9.17) is 13.8 Å². The van der Waals surface area contributed by atoms with Gasteiger partial charge < -0.3 is 13.4 Å². The van der Waals surface area contributed by atoms with E-state index >= 15 is 0 Å². The number of nitrogens with zero attached hydrogens (tertiary/aromatic N) is 2. The van der Waals surface area contributed by atoms with E-state index < -0.39 is 0 Å². The molecule has 0 atom stereocenters. The summed E-state index contributed by atoms with van der Waals surface area (Å²) in [5, 5.41) is 2.08. The molecule has 0 unspecified atom stereocenters. The summed E-state index contributed by atoms with van der Waals surface area (Å²) in [4.78, 5) is 5.87. The van der Waals surface area contributed by atoms with Crippen molar-refractivity contribution in [1.82, 2.24) is 4.57 Å². The van der Waals surface area contributed by atoms with Gasteiger partial charge in [0.05, 0.1) is 30.5 Å². The maximum atomic E-state index is 5.60. The van der Waals surface area contributed by atoms with Gasteiger partial charge in [-0.15, -0.1) is 11.3 Å². The van der Waals surface area contributed by atoms with Gasteiger partial charge in [0.15, 0.2) is 10.6 Å². The Morgan fingerprint density at radius 1 is 0.960 bits per heavy atom. The summed E-state index contributed by atoms with van der Waals surface area (Å²) in [6.07, 6.45) is 3.38. The van der Waals surface area contributed by atoms with E-state index in [2.05, 4.69) is 42.0 Å². The van der Waals surface area contributed by atoms with Crippen molar-refractivity contribution in [2.45, 2.75) is 20.4 Å². The molecule has 3 aromatic heterocycles. The molecule has 5 heteroatoms. The molecule has 0 amide bonds. The van der Waals surface area contributed by atoms with Gasteiger partial charge in [0.1, 0.15) is 5.76 Å². The Kier molecular flexibility index (Phi) is 4.15. The van der Waals surface area contributed by atoms with Crippen molar-refractivity contribution in [2.75, 3.05) is 0 Å². The predicted octanol–water partition coefficient (Wildman–Crippen LogP) is 5.30. The lowest BCUT2D eigenvalue weighted by Crippen LogP contribution is -2.16. The maximum absolute atomic E-state index is 5.60. The summed E-state index contributed by atoms with van der Waals surface area (Å²) in [5.41, 5.74) is 4.34. The normalized spacial score (nSPS) is 12.0. The minimum absolute atomic E-state index is 0.607. The van der Waals surface area contributed by atoms with Crippen molar-refractivity contribution < 1.29 is 8.83 Å². The molecule has 25 heavy (non-hydrogen) atoms. The first kappa shape index (κ1) is 15.7. The van der Waals surface area contributed by atoms with E-state index in [1.54, 1.807) is 23.9 Å². The SMILES string of the molecule is Cc1cccc(C)c1N=c1scc(-c2ccco2)n1Cc1ccco1. The molecule has 3 heterocycles. The molecule has 0 saturated heterocycles. The molecule has 4 rings (SSSR count). The molecule has 0 N–H and O–H groups in total. The molecule has 4 nitrogen and oxygen atoms in total. The van der Waals surface area contributed by atoms with Crippen molar-refractivity contribution in [3.8, 4) is 11.5 Å². The second-order valence-electron chi connectivity index (χ2n) is 5.90. The Morgan fingerprint density at radius 2 is 1.72 bits per heavy atom. The summed E-state index contributed by atoms with van der Waals surface area (Å²) in [7, 11) is 0. The van der Waals surface area contributed by atoms with E-state index in [9.17, 15) is 0 Å². The van der Waals surface area contributed by atoms with Gasteiger partial charge >= 0.3 is 0 Å². The number of hydrogen-bond acceptors (Lipinski definition) is 4. The van der Waals surface area contributed by atoms with Gasteiger partial charge in [-0.05, 0) is 49.2 Å². The molecular weight excluding hydrogens is 332 g/mol. The van der Waals surface area contributed by atoms with Crippen LogP contribution >= 0.6 is 11.3 Å². The third-order valence-corrected chi connectivity index (χ3v) is 4.98. The van der Waals surface area contributed by atoms with Gasteiger partial charge in [-0.1, -0.05) is 18.2 Å². The molecule has 1 aromatic carbocycles. The maximum Gasteiger partial charge on any atom is 0.190 e. The minimum Gasteiger partial charge on any atom is -0.467 e. The van der Waals surface area contributed by atoms with Gasteiger partial charge in [-0.2, -0.15) is 0 Å². The predicted molar refractivity (Wildman–Crippen MR) is 99.0 cm³/mol. The fourth-order valence-corrected chi connectivity index (χ4v) is 3.72. The third-order valence-electron chi connectivity index (χ3n) is 4.11. The number of aromatic nitrogens is 1.